The quantitative estimate of drug-likeness (QED) is 0.876. The number of fused-ring (bicyclic) bond motifs is 2. The van der Waals surface area contributed by atoms with Gasteiger partial charge < -0.3 is 15.5 Å². The highest BCUT2D eigenvalue weighted by Gasteiger charge is 2.44. The molecule has 2 fully saturated rings. The van der Waals surface area contributed by atoms with Crippen LogP contribution in [0.2, 0.25) is 0 Å². The molecular weight excluding hydrogens is 304 g/mol. The average Bonchev–Trinajstić information content (AvgIpc) is 3.03. The molecule has 1 aromatic carbocycles. The Bertz CT molecular complexity index is 801. The highest BCUT2D eigenvalue weighted by Crippen LogP contribution is 2.23. The van der Waals surface area contributed by atoms with E-state index in [1.165, 1.54) is 0 Å². The maximum Gasteiger partial charge on any atom is 0.245 e. The molecule has 6 heteroatoms. The lowest BCUT2D eigenvalue weighted by Crippen LogP contribution is -2.60. The fraction of sp³-hybridized carbons (Fsp3) is 0.389. The van der Waals surface area contributed by atoms with Gasteiger partial charge in [0, 0.05) is 30.7 Å². The Morgan fingerprint density at radius 1 is 1.29 bits per heavy atom. The first-order chi connectivity index (χ1) is 11.6. The molecule has 2 N–H and O–H groups in total. The number of nitrogens with zero attached hydrogens (tertiary/aromatic N) is 2. The van der Waals surface area contributed by atoms with Crippen LogP contribution in [-0.2, 0) is 16.1 Å². The van der Waals surface area contributed by atoms with E-state index in [1.54, 1.807) is 18.0 Å². The van der Waals surface area contributed by atoms with Crippen LogP contribution in [0.3, 0.4) is 0 Å². The van der Waals surface area contributed by atoms with Gasteiger partial charge in [0.2, 0.25) is 11.8 Å². The Morgan fingerprint density at radius 2 is 2.12 bits per heavy atom. The van der Waals surface area contributed by atoms with Gasteiger partial charge in [0.15, 0.2) is 0 Å². The van der Waals surface area contributed by atoms with Crippen molar-refractivity contribution in [1.29, 1.82) is 0 Å². The zero-order chi connectivity index (χ0) is 16.7. The first-order valence-corrected chi connectivity index (χ1v) is 8.30. The molecule has 3 heterocycles. The average molecular weight is 324 g/mol. The third-order valence-corrected chi connectivity index (χ3v) is 4.91. The number of carbonyl (C=O) groups excluding carboxylic acids is 2. The standard InChI is InChI=1S/C18H20N4O2/c1-11-18(24)22-10-14(8-15(22)17(23)21-11)20-9-13-5-2-4-12-6-3-7-19-16(12)13/h2-7,11,14-15,20H,8-10H2,1H3,(H,21,23)/t11-,14+,15+/m1/s1. The van der Waals surface area contributed by atoms with Crippen molar-refractivity contribution in [2.75, 3.05) is 6.54 Å². The van der Waals surface area contributed by atoms with E-state index in [-0.39, 0.29) is 23.9 Å². The highest BCUT2D eigenvalue weighted by molar-refractivity contribution is 5.97. The van der Waals surface area contributed by atoms with Crippen LogP contribution >= 0.6 is 0 Å². The van der Waals surface area contributed by atoms with Crippen molar-refractivity contribution >= 4 is 22.7 Å². The van der Waals surface area contributed by atoms with Gasteiger partial charge in [0.25, 0.3) is 0 Å². The molecule has 2 aliphatic rings. The predicted molar refractivity (Wildman–Crippen MR) is 90.1 cm³/mol. The summed E-state index contributed by atoms with van der Waals surface area (Å²) < 4.78 is 0. The van der Waals surface area contributed by atoms with E-state index in [0.717, 1.165) is 16.5 Å². The van der Waals surface area contributed by atoms with E-state index in [9.17, 15) is 9.59 Å². The molecule has 2 amide bonds. The number of benzene rings is 1. The second-order valence-electron chi connectivity index (χ2n) is 6.54. The van der Waals surface area contributed by atoms with Crippen LogP contribution in [0.4, 0.5) is 0 Å². The number of carbonyl (C=O) groups is 2. The van der Waals surface area contributed by atoms with Gasteiger partial charge in [-0.3, -0.25) is 14.6 Å². The van der Waals surface area contributed by atoms with Crippen LogP contribution in [0.1, 0.15) is 18.9 Å². The molecule has 0 unspecified atom stereocenters. The fourth-order valence-electron chi connectivity index (χ4n) is 3.66. The van der Waals surface area contributed by atoms with Crippen LogP contribution in [-0.4, -0.2) is 46.4 Å². The molecule has 1 aromatic heterocycles. The lowest BCUT2D eigenvalue weighted by atomic mass is 10.1. The Morgan fingerprint density at radius 3 is 3.00 bits per heavy atom. The van der Waals surface area contributed by atoms with E-state index >= 15 is 0 Å². The van der Waals surface area contributed by atoms with Crippen LogP contribution in [0.5, 0.6) is 0 Å². The molecule has 0 aliphatic carbocycles. The molecule has 0 radical (unpaired) electrons. The summed E-state index contributed by atoms with van der Waals surface area (Å²) >= 11 is 0. The Balaban J connectivity index is 1.47. The van der Waals surface area contributed by atoms with Crippen LogP contribution in [0.15, 0.2) is 36.5 Å². The Hall–Kier alpha value is -2.47. The summed E-state index contributed by atoms with van der Waals surface area (Å²) in [5.74, 6) is -0.0334. The fourth-order valence-corrected chi connectivity index (χ4v) is 3.66. The first kappa shape index (κ1) is 15.1. The minimum absolute atomic E-state index is 0.00993. The van der Waals surface area contributed by atoms with Crippen molar-refractivity contribution in [2.45, 2.75) is 38.0 Å². The minimum atomic E-state index is -0.422. The van der Waals surface area contributed by atoms with Gasteiger partial charge in [-0.2, -0.15) is 0 Å². The molecule has 2 saturated heterocycles. The number of amides is 2. The summed E-state index contributed by atoms with van der Waals surface area (Å²) in [5.41, 5.74) is 2.12. The molecule has 0 saturated carbocycles. The van der Waals surface area contributed by atoms with Gasteiger partial charge in [0.05, 0.1) is 5.52 Å². The first-order valence-electron chi connectivity index (χ1n) is 8.30. The molecular formula is C18H20N4O2. The van der Waals surface area contributed by atoms with Crippen molar-refractivity contribution in [3.63, 3.8) is 0 Å². The number of para-hydroxylation sites is 1. The number of aromatic nitrogens is 1. The van der Waals surface area contributed by atoms with E-state index in [1.807, 2.05) is 24.3 Å². The van der Waals surface area contributed by atoms with Crippen LogP contribution in [0.25, 0.3) is 10.9 Å². The SMILES string of the molecule is C[C@H]1NC(=O)[C@@H]2C[C@H](NCc3cccc4cccnc34)CN2C1=O. The topological polar surface area (TPSA) is 74.3 Å². The monoisotopic (exact) mass is 324 g/mol. The molecule has 124 valence electrons. The largest absolute Gasteiger partial charge is 0.343 e. The molecule has 0 bridgehead atoms. The van der Waals surface area contributed by atoms with Crippen molar-refractivity contribution in [2.24, 2.45) is 0 Å². The molecule has 4 rings (SSSR count). The number of rotatable bonds is 3. The Labute approximate surface area is 140 Å². The number of hydrogen-bond acceptors (Lipinski definition) is 4. The van der Waals surface area contributed by atoms with Crippen LogP contribution < -0.4 is 10.6 Å². The zero-order valence-electron chi connectivity index (χ0n) is 13.5. The summed E-state index contributed by atoms with van der Waals surface area (Å²) in [6, 6.07) is 9.47. The van der Waals surface area contributed by atoms with Gasteiger partial charge in [0.1, 0.15) is 12.1 Å². The normalized spacial score (nSPS) is 26.5. The third kappa shape index (κ3) is 2.53. The van der Waals surface area contributed by atoms with Gasteiger partial charge in [-0.25, -0.2) is 0 Å². The summed E-state index contributed by atoms with van der Waals surface area (Å²) in [6.45, 7) is 2.99. The summed E-state index contributed by atoms with van der Waals surface area (Å²) in [4.78, 5) is 30.5. The molecule has 6 nitrogen and oxygen atoms in total. The summed E-state index contributed by atoms with van der Waals surface area (Å²) in [5, 5.41) is 7.35. The lowest BCUT2D eigenvalue weighted by Gasteiger charge is -2.32. The molecule has 2 aromatic rings. The molecule has 3 atom stereocenters. The smallest absolute Gasteiger partial charge is 0.245 e. The van der Waals surface area contributed by atoms with Crippen molar-refractivity contribution in [3.8, 4) is 0 Å². The second kappa shape index (κ2) is 5.87. The van der Waals surface area contributed by atoms with Gasteiger partial charge in [-0.15, -0.1) is 0 Å². The predicted octanol–water partition coefficient (Wildman–Crippen LogP) is 0.812. The summed E-state index contributed by atoms with van der Waals surface area (Å²) in [7, 11) is 0. The number of hydrogen-bond donors (Lipinski definition) is 2. The van der Waals surface area contributed by atoms with Gasteiger partial charge in [-0.05, 0) is 25.0 Å². The third-order valence-electron chi connectivity index (χ3n) is 4.91. The lowest BCUT2D eigenvalue weighted by molar-refractivity contribution is -0.146. The van der Waals surface area contributed by atoms with Crippen molar-refractivity contribution in [3.05, 3.63) is 42.1 Å². The van der Waals surface area contributed by atoms with E-state index < -0.39 is 6.04 Å². The van der Waals surface area contributed by atoms with Crippen molar-refractivity contribution < 1.29 is 9.59 Å². The number of pyridine rings is 1. The maximum absolute atomic E-state index is 12.2. The van der Waals surface area contributed by atoms with Gasteiger partial charge >= 0.3 is 0 Å². The number of nitrogens with one attached hydrogen (secondary N) is 2. The Kier molecular flexibility index (Phi) is 3.69. The van der Waals surface area contributed by atoms with Crippen LogP contribution in [0, 0.1) is 0 Å². The summed E-state index contributed by atoms with van der Waals surface area (Å²) in [6.07, 6.45) is 2.45. The van der Waals surface area contributed by atoms with E-state index in [4.69, 9.17) is 0 Å². The molecule has 24 heavy (non-hydrogen) atoms. The minimum Gasteiger partial charge on any atom is -0.343 e. The van der Waals surface area contributed by atoms with E-state index in [2.05, 4.69) is 21.7 Å². The van der Waals surface area contributed by atoms with Crippen molar-refractivity contribution in [1.82, 2.24) is 20.5 Å². The number of piperazine rings is 1. The molecule has 2 aliphatic heterocycles. The molecule has 0 spiro atoms. The highest BCUT2D eigenvalue weighted by atomic mass is 16.2. The van der Waals surface area contributed by atoms with E-state index in [0.29, 0.717) is 19.5 Å². The maximum atomic E-state index is 12.2. The zero-order valence-corrected chi connectivity index (χ0v) is 13.5. The second-order valence-corrected chi connectivity index (χ2v) is 6.54. The van der Waals surface area contributed by atoms with Gasteiger partial charge in [-0.1, -0.05) is 24.3 Å².